The smallest absolute Gasteiger partial charge is 0.00405 e. The van der Waals surface area contributed by atoms with Gasteiger partial charge in [-0.05, 0) is 49.4 Å². The van der Waals surface area contributed by atoms with Gasteiger partial charge in [0.15, 0.2) is 0 Å². The van der Waals surface area contributed by atoms with E-state index in [0.29, 0.717) is 5.41 Å². The molecule has 0 aliphatic carbocycles. The van der Waals surface area contributed by atoms with Gasteiger partial charge in [-0.1, -0.05) is 43.3 Å². The predicted molar refractivity (Wildman–Crippen MR) is 70.6 cm³/mol. The number of rotatable bonds is 2. The Balaban J connectivity index is 2.42. The van der Waals surface area contributed by atoms with Crippen LogP contribution in [0.2, 0.25) is 0 Å². The van der Waals surface area contributed by atoms with Gasteiger partial charge < -0.3 is 5.32 Å². The van der Waals surface area contributed by atoms with Crippen molar-refractivity contribution in [1.82, 2.24) is 5.32 Å². The molecule has 1 nitrogen and oxygen atoms in total. The Morgan fingerprint density at radius 1 is 1.25 bits per heavy atom. The van der Waals surface area contributed by atoms with Gasteiger partial charge in [0.1, 0.15) is 0 Å². The molecule has 1 heteroatoms. The maximum atomic E-state index is 4.10. The zero-order valence-corrected chi connectivity index (χ0v) is 10.3. The van der Waals surface area contributed by atoms with Gasteiger partial charge in [-0.2, -0.15) is 0 Å². The van der Waals surface area contributed by atoms with Crippen molar-refractivity contribution in [2.24, 2.45) is 0 Å². The molecule has 0 atom stereocenters. The molecule has 1 aliphatic heterocycles. The van der Waals surface area contributed by atoms with Crippen LogP contribution < -0.4 is 5.32 Å². The molecule has 0 amide bonds. The van der Waals surface area contributed by atoms with E-state index in [9.17, 15) is 0 Å². The minimum Gasteiger partial charge on any atom is -0.317 e. The van der Waals surface area contributed by atoms with Crippen molar-refractivity contribution in [3.8, 4) is 0 Å². The van der Waals surface area contributed by atoms with Gasteiger partial charge >= 0.3 is 0 Å². The van der Waals surface area contributed by atoms with Crippen LogP contribution in [0, 0.1) is 0 Å². The SMILES string of the molecule is C=C(C)c1ccccc1C1(C)CCNCC1. The second kappa shape index (κ2) is 4.42. The predicted octanol–water partition coefficient (Wildman–Crippen LogP) is 3.36. The van der Waals surface area contributed by atoms with Crippen molar-refractivity contribution in [3.63, 3.8) is 0 Å². The fourth-order valence-corrected chi connectivity index (χ4v) is 2.63. The van der Waals surface area contributed by atoms with E-state index in [1.807, 2.05) is 0 Å². The van der Waals surface area contributed by atoms with Crippen molar-refractivity contribution in [2.45, 2.75) is 32.1 Å². The monoisotopic (exact) mass is 215 g/mol. The lowest BCUT2D eigenvalue weighted by atomic mass is 9.72. The maximum Gasteiger partial charge on any atom is -0.00405 e. The second-order valence-corrected chi connectivity index (χ2v) is 5.14. The fraction of sp³-hybridized carbons (Fsp3) is 0.467. The van der Waals surface area contributed by atoms with E-state index in [4.69, 9.17) is 0 Å². The normalized spacial score (nSPS) is 19.4. The third-order valence-corrected chi connectivity index (χ3v) is 3.74. The molecule has 1 heterocycles. The first kappa shape index (κ1) is 11.4. The zero-order valence-electron chi connectivity index (χ0n) is 10.3. The summed E-state index contributed by atoms with van der Waals surface area (Å²) in [6.45, 7) is 10.8. The largest absolute Gasteiger partial charge is 0.317 e. The molecule has 0 unspecified atom stereocenters. The molecule has 0 radical (unpaired) electrons. The molecule has 1 saturated heterocycles. The summed E-state index contributed by atoms with van der Waals surface area (Å²) in [5.74, 6) is 0. The van der Waals surface area contributed by atoms with E-state index in [2.05, 4.69) is 50.0 Å². The zero-order chi connectivity index (χ0) is 11.6. The number of benzene rings is 1. The Bertz CT molecular complexity index is 386. The number of piperidine rings is 1. The van der Waals surface area contributed by atoms with Crippen LogP contribution in [0.15, 0.2) is 30.8 Å². The summed E-state index contributed by atoms with van der Waals surface area (Å²) >= 11 is 0. The summed E-state index contributed by atoms with van der Waals surface area (Å²) < 4.78 is 0. The highest BCUT2D eigenvalue weighted by atomic mass is 14.9. The van der Waals surface area contributed by atoms with Gasteiger partial charge in [0.2, 0.25) is 0 Å². The molecule has 1 fully saturated rings. The summed E-state index contributed by atoms with van der Waals surface area (Å²) in [4.78, 5) is 0. The standard InChI is InChI=1S/C15H21N/c1-12(2)13-6-4-5-7-14(13)15(3)8-10-16-11-9-15/h4-7,16H,1,8-11H2,2-3H3. The van der Waals surface area contributed by atoms with E-state index in [1.54, 1.807) is 0 Å². The molecule has 0 aromatic heterocycles. The summed E-state index contributed by atoms with van der Waals surface area (Å²) in [6.07, 6.45) is 2.44. The first-order valence-corrected chi connectivity index (χ1v) is 6.10. The van der Waals surface area contributed by atoms with Gasteiger partial charge in [0.25, 0.3) is 0 Å². The van der Waals surface area contributed by atoms with Crippen LogP contribution in [0.1, 0.15) is 37.8 Å². The van der Waals surface area contributed by atoms with E-state index in [1.165, 1.54) is 29.5 Å². The Kier molecular flexibility index (Phi) is 3.15. The van der Waals surface area contributed by atoms with Crippen molar-refractivity contribution in [1.29, 1.82) is 0 Å². The molecule has 16 heavy (non-hydrogen) atoms. The minimum absolute atomic E-state index is 0.320. The lowest BCUT2D eigenvalue weighted by Gasteiger charge is -2.36. The van der Waals surface area contributed by atoms with Crippen molar-refractivity contribution < 1.29 is 0 Å². The maximum absolute atomic E-state index is 4.10. The quantitative estimate of drug-likeness (QED) is 0.797. The first-order valence-electron chi connectivity index (χ1n) is 6.10. The Morgan fingerprint density at radius 2 is 1.88 bits per heavy atom. The first-order chi connectivity index (χ1) is 7.63. The minimum atomic E-state index is 0.320. The van der Waals surface area contributed by atoms with E-state index < -0.39 is 0 Å². The number of hydrogen-bond acceptors (Lipinski definition) is 1. The summed E-state index contributed by atoms with van der Waals surface area (Å²) in [7, 11) is 0. The molecule has 1 N–H and O–H groups in total. The van der Waals surface area contributed by atoms with Crippen LogP contribution in [-0.4, -0.2) is 13.1 Å². The van der Waals surface area contributed by atoms with E-state index >= 15 is 0 Å². The van der Waals surface area contributed by atoms with Crippen LogP contribution in [0.25, 0.3) is 5.57 Å². The van der Waals surface area contributed by atoms with Gasteiger partial charge in [0, 0.05) is 0 Å². The highest BCUT2D eigenvalue weighted by Crippen LogP contribution is 2.36. The lowest BCUT2D eigenvalue weighted by molar-refractivity contribution is 0.334. The van der Waals surface area contributed by atoms with Crippen molar-refractivity contribution in [3.05, 3.63) is 42.0 Å². The molecule has 2 rings (SSSR count). The van der Waals surface area contributed by atoms with Crippen molar-refractivity contribution in [2.75, 3.05) is 13.1 Å². The highest BCUT2D eigenvalue weighted by Gasteiger charge is 2.30. The second-order valence-electron chi connectivity index (χ2n) is 5.14. The number of allylic oxidation sites excluding steroid dienone is 1. The van der Waals surface area contributed by atoms with Gasteiger partial charge in [0.05, 0.1) is 0 Å². The van der Waals surface area contributed by atoms with Crippen LogP contribution in [0.5, 0.6) is 0 Å². The average Bonchev–Trinajstić information content (AvgIpc) is 2.30. The molecule has 1 aromatic rings. The molecular formula is C15H21N. The van der Waals surface area contributed by atoms with Crippen LogP contribution in [0.3, 0.4) is 0 Å². The van der Waals surface area contributed by atoms with Gasteiger partial charge in [-0.25, -0.2) is 0 Å². The van der Waals surface area contributed by atoms with Crippen LogP contribution >= 0.6 is 0 Å². The topological polar surface area (TPSA) is 12.0 Å². The molecule has 86 valence electrons. The van der Waals surface area contributed by atoms with Crippen LogP contribution in [-0.2, 0) is 5.41 Å². The fourth-order valence-electron chi connectivity index (χ4n) is 2.63. The van der Waals surface area contributed by atoms with Gasteiger partial charge in [-0.3, -0.25) is 0 Å². The van der Waals surface area contributed by atoms with E-state index in [0.717, 1.165) is 13.1 Å². The Hall–Kier alpha value is -1.08. The molecule has 0 spiro atoms. The molecular weight excluding hydrogens is 194 g/mol. The summed E-state index contributed by atoms with van der Waals surface area (Å²) in [5.41, 5.74) is 4.31. The number of nitrogens with one attached hydrogen (secondary N) is 1. The van der Waals surface area contributed by atoms with E-state index in [-0.39, 0.29) is 0 Å². The average molecular weight is 215 g/mol. The highest BCUT2D eigenvalue weighted by molar-refractivity contribution is 5.65. The summed E-state index contributed by atoms with van der Waals surface area (Å²) in [6, 6.07) is 8.73. The van der Waals surface area contributed by atoms with Crippen molar-refractivity contribution >= 4 is 5.57 Å². The molecule has 1 aromatic carbocycles. The lowest BCUT2D eigenvalue weighted by Crippen LogP contribution is -2.38. The van der Waals surface area contributed by atoms with Crippen LogP contribution in [0.4, 0.5) is 0 Å². The third-order valence-electron chi connectivity index (χ3n) is 3.74. The molecule has 0 bridgehead atoms. The summed E-state index contributed by atoms with van der Waals surface area (Å²) in [5, 5.41) is 3.44. The number of hydrogen-bond donors (Lipinski definition) is 1. The van der Waals surface area contributed by atoms with Gasteiger partial charge in [-0.15, -0.1) is 0 Å². The Labute approximate surface area is 98.6 Å². The Morgan fingerprint density at radius 3 is 2.50 bits per heavy atom. The third kappa shape index (κ3) is 2.05. The molecule has 0 saturated carbocycles. The molecule has 1 aliphatic rings.